The third-order valence-electron chi connectivity index (χ3n) is 5.65. The molecule has 0 aliphatic heterocycles. The lowest BCUT2D eigenvalue weighted by Crippen LogP contribution is -2.38. The van der Waals surface area contributed by atoms with Crippen molar-refractivity contribution in [3.63, 3.8) is 0 Å². The van der Waals surface area contributed by atoms with Crippen LogP contribution in [0.5, 0.6) is 17.4 Å². The van der Waals surface area contributed by atoms with Crippen LogP contribution in [-0.4, -0.2) is 56.3 Å². The van der Waals surface area contributed by atoms with Crippen molar-refractivity contribution in [2.75, 3.05) is 39.9 Å². The van der Waals surface area contributed by atoms with E-state index in [0.29, 0.717) is 42.1 Å². The second kappa shape index (κ2) is 9.94. The van der Waals surface area contributed by atoms with Crippen LogP contribution in [0.2, 0.25) is 0 Å². The molecule has 1 aromatic carbocycles. The highest BCUT2D eigenvalue weighted by Gasteiger charge is 2.35. The molecule has 2 aromatic heterocycles. The Hall–Kier alpha value is -2.98. The molecule has 0 N–H and O–H groups in total. The van der Waals surface area contributed by atoms with Crippen molar-refractivity contribution in [3.8, 4) is 28.6 Å². The first-order valence-electron chi connectivity index (χ1n) is 11.5. The number of ether oxygens (including phenoxy) is 5. The second-order valence-corrected chi connectivity index (χ2v) is 10.4. The first-order valence-corrected chi connectivity index (χ1v) is 12.4. The largest absolute Gasteiger partial charge is 0.496 e. The maximum atomic E-state index is 13.3. The van der Waals surface area contributed by atoms with Crippen molar-refractivity contribution in [2.45, 2.75) is 45.8 Å². The number of thiazole rings is 1. The Morgan fingerprint density at radius 2 is 1.77 bits per heavy atom. The fourth-order valence-electron chi connectivity index (χ4n) is 3.94. The number of aromatic nitrogens is 2. The summed E-state index contributed by atoms with van der Waals surface area (Å²) in [5.41, 5.74) is 2.44. The van der Waals surface area contributed by atoms with Gasteiger partial charge in [-0.25, -0.2) is 9.31 Å². The Kier molecular flexibility index (Phi) is 7.14. The van der Waals surface area contributed by atoms with Crippen LogP contribution in [0.15, 0.2) is 17.5 Å². The maximum Gasteiger partial charge on any atom is 0.415 e. The van der Waals surface area contributed by atoms with Gasteiger partial charge in [-0.15, -0.1) is 16.4 Å². The molecule has 2 heterocycles. The number of carbonyl (C=O) groups excluding carboxylic acids is 1. The van der Waals surface area contributed by atoms with Crippen molar-refractivity contribution in [2.24, 2.45) is 5.92 Å². The predicted octanol–water partition coefficient (Wildman–Crippen LogP) is 5.39. The molecule has 9 nitrogen and oxygen atoms in total. The van der Waals surface area contributed by atoms with E-state index in [2.05, 4.69) is 0 Å². The molecule has 3 aromatic rings. The van der Waals surface area contributed by atoms with E-state index in [1.165, 1.54) is 11.3 Å². The summed E-state index contributed by atoms with van der Waals surface area (Å²) in [5, 5.41) is 6.70. The number of methoxy groups -OCH3 is 4. The van der Waals surface area contributed by atoms with E-state index in [4.69, 9.17) is 28.8 Å². The fourth-order valence-corrected chi connectivity index (χ4v) is 4.93. The van der Waals surface area contributed by atoms with Crippen LogP contribution in [0.3, 0.4) is 0 Å². The fraction of sp³-hybridized carbons (Fsp3) is 0.520. The van der Waals surface area contributed by atoms with Crippen LogP contribution in [0, 0.1) is 5.92 Å². The monoisotopic (exact) mass is 503 g/mol. The van der Waals surface area contributed by atoms with Crippen LogP contribution in [-0.2, 0) is 16.1 Å². The van der Waals surface area contributed by atoms with E-state index in [9.17, 15) is 4.79 Å². The first-order chi connectivity index (χ1) is 16.7. The van der Waals surface area contributed by atoms with Crippen LogP contribution in [0.1, 0.15) is 39.2 Å². The van der Waals surface area contributed by atoms with Crippen LogP contribution >= 0.6 is 11.3 Å². The minimum atomic E-state index is -0.621. The molecule has 1 saturated carbocycles. The smallest absolute Gasteiger partial charge is 0.415 e. The molecule has 0 radical (unpaired) electrons. The Labute approximate surface area is 209 Å². The van der Waals surface area contributed by atoms with Gasteiger partial charge in [-0.2, -0.15) is 0 Å². The average Bonchev–Trinajstić information content (AvgIpc) is 3.43. The number of hydrogen-bond donors (Lipinski definition) is 0. The van der Waals surface area contributed by atoms with Gasteiger partial charge in [0.05, 0.1) is 39.2 Å². The molecule has 0 unspecified atom stereocenters. The molecular formula is C25H33N3O6S. The number of benzene rings is 1. The van der Waals surface area contributed by atoms with E-state index in [1.54, 1.807) is 37.9 Å². The highest BCUT2D eigenvalue weighted by Crippen LogP contribution is 2.46. The van der Waals surface area contributed by atoms with Gasteiger partial charge in [0.15, 0.2) is 0 Å². The highest BCUT2D eigenvalue weighted by molar-refractivity contribution is 7.16. The summed E-state index contributed by atoms with van der Waals surface area (Å²) in [6.07, 6.45) is 1.76. The number of rotatable bonds is 9. The average molecular weight is 504 g/mol. The third kappa shape index (κ3) is 5.18. The molecule has 10 heteroatoms. The van der Waals surface area contributed by atoms with E-state index in [1.807, 2.05) is 38.3 Å². The summed E-state index contributed by atoms with van der Waals surface area (Å²) in [5.74, 6) is 2.07. The zero-order valence-corrected chi connectivity index (χ0v) is 22.2. The molecule has 4 rings (SSSR count). The number of carbonyl (C=O) groups is 1. The van der Waals surface area contributed by atoms with Crippen molar-refractivity contribution >= 4 is 27.9 Å². The van der Waals surface area contributed by atoms with Gasteiger partial charge in [-0.1, -0.05) is 0 Å². The van der Waals surface area contributed by atoms with Gasteiger partial charge >= 0.3 is 6.09 Å². The van der Waals surface area contributed by atoms with Gasteiger partial charge < -0.3 is 23.7 Å². The Morgan fingerprint density at radius 3 is 2.29 bits per heavy atom. The summed E-state index contributed by atoms with van der Waals surface area (Å²) < 4.78 is 29.9. The number of amides is 1. The molecular weight excluding hydrogens is 470 g/mol. The van der Waals surface area contributed by atoms with Crippen molar-refractivity contribution in [3.05, 3.63) is 23.1 Å². The van der Waals surface area contributed by atoms with Gasteiger partial charge in [0.25, 0.3) is 5.88 Å². The number of hydrogen-bond acceptors (Lipinski definition) is 8. The van der Waals surface area contributed by atoms with Crippen molar-refractivity contribution in [1.82, 2.24) is 9.61 Å². The van der Waals surface area contributed by atoms with Crippen LogP contribution in [0.4, 0.5) is 10.5 Å². The topological polar surface area (TPSA) is 83.8 Å². The summed E-state index contributed by atoms with van der Waals surface area (Å²) in [6.45, 7) is 6.57. The zero-order chi connectivity index (χ0) is 25.3. The number of fused-ring (bicyclic) bond motifs is 1. The third-order valence-corrected chi connectivity index (χ3v) is 6.58. The first kappa shape index (κ1) is 25.1. The molecule has 35 heavy (non-hydrogen) atoms. The van der Waals surface area contributed by atoms with Crippen LogP contribution < -0.4 is 19.1 Å². The second-order valence-electron chi connectivity index (χ2n) is 9.54. The minimum Gasteiger partial charge on any atom is -0.496 e. The SMILES string of the molecule is COCc1cc(OC)c(-c2csc3c(N(CC4CC4)C(=O)OC(C)(C)C)c(OC)nn23)c(OC)c1. The summed E-state index contributed by atoms with van der Waals surface area (Å²) in [7, 11) is 6.44. The van der Waals surface area contributed by atoms with Gasteiger partial charge in [-0.05, 0) is 57.2 Å². The van der Waals surface area contributed by atoms with Gasteiger partial charge in [0.2, 0.25) is 0 Å². The van der Waals surface area contributed by atoms with Crippen molar-refractivity contribution < 1.29 is 28.5 Å². The molecule has 0 bridgehead atoms. The lowest BCUT2D eigenvalue weighted by molar-refractivity contribution is 0.0578. The Morgan fingerprint density at radius 1 is 1.11 bits per heavy atom. The summed E-state index contributed by atoms with van der Waals surface area (Å²) in [4.78, 5) is 15.7. The maximum absolute atomic E-state index is 13.3. The highest BCUT2D eigenvalue weighted by atomic mass is 32.1. The lowest BCUT2D eigenvalue weighted by Gasteiger charge is -2.27. The van der Waals surface area contributed by atoms with E-state index in [0.717, 1.165) is 34.5 Å². The predicted molar refractivity (Wildman–Crippen MR) is 135 cm³/mol. The van der Waals surface area contributed by atoms with Gasteiger partial charge in [0.1, 0.15) is 27.6 Å². The molecule has 1 aliphatic rings. The molecule has 1 amide bonds. The van der Waals surface area contributed by atoms with E-state index < -0.39 is 11.7 Å². The lowest BCUT2D eigenvalue weighted by atomic mass is 10.1. The summed E-state index contributed by atoms with van der Waals surface area (Å²) >= 11 is 1.47. The Bertz CT molecular complexity index is 1180. The molecule has 0 atom stereocenters. The quantitative estimate of drug-likeness (QED) is 0.387. The molecule has 1 aliphatic carbocycles. The minimum absolute atomic E-state index is 0.360. The number of nitrogens with zero attached hydrogens (tertiary/aromatic N) is 3. The molecule has 0 spiro atoms. The molecule has 1 fully saturated rings. The number of anilines is 1. The Balaban J connectivity index is 1.86. The van der Waals surface area contributed by atoms with Gasteiger partial charge in [0, 0.05) is 19.0 Å². The van der Waals surface area contributed by atoms with Gasteiger partial charge in [-0.3, -0.25) is 4.90 Å². The normalized spacial score (nSPS) is 13.7. The van der Waals surface area contributed by atoms with E-state index >= 15 is 0 Å². The standard InChI is InChI=1S/C25H33N3O6S/c1-25(2,3)34-24(29)27(12-15-8-9-15)21-22(33-7)26-28-17(14-35-23(21)28)20-18(31-5)10-16(13-30-4)11-19(20)32-6/h10-11,14-15H,8-9,12-13H2,1-7H3. The zero-order valence-electron chi connectivity index (χ0n) is 21.3. The molecule has 190 valence electrons. The van der Waals surface area contributed by atoms with E-state index in [-0.39, 0.29) is 0 Å². The summed E-state index contributed by atoms with van der Waals surface area (Å²) in [6, 6.07) is 3.85. The molecule has 0 saturated heterocycles. The van der Waals surface area contributed by atoms with Crippen LogP contribution in [0.25, 0.3) is 16.1 Å². The van der Waals surface area contributed by atoms with Crippen molar-refractivity contribution in [1.29, 1.82) is 0 Å².